The molecule has 0 radical (unpaired) electrons. The smallest absolute Gasteiger partial charge is 0.302 e. The molecule has 0 amide bonds. The molecule has 1 saturated heterocycles. The van der Waals surface area contributed by atoms with Crippen molar-refractivity contribution in [2.75, 3.05) is 18.1 Å². The first-order chi connectivity index (χ1) is 18.9. The quantitative estimate of drug-likeness (QED) is 0.215. The predicted molar refractivity (Wildman–Crippen MR) is 163 cm³/mol. The number of ketones is 1. The molecule has 5 rings (SSSR count). The van der Waals surface area contributed by atoms with Crippen LogP contribution >= 0.6 is 23.5 Å². The zero-order valence-corrected chi connectivity index (χ0v) is 27.1. The van der Waals surface area contributed by atoms with Crippen molar-refractivity contribution in [3.05, 3.63) is 11.6 Å². The fourth-order valence-electron chi connectivity index (χ4n) is 9.88. The highest BCUT2D eigenvalue weighted by Crippen LogP contribution is 2.74. The molecule has 1 spiro atoms. The monoisotopic (exact) mass is 590 g/mol. The van der Waals surface area contributed by atoms with Crippen molar-refractivity contribution in [2.24, 2.45) is 46.3 Å². The van der Waals surface area contributed by atoms with Gasteiger partial charge in [-0.15, -0.1) is 23.5 Å². The molecule has 9 atom stereocenters. The first kappa shape index (κ1) is 30.5. The Hall–Kier alpha value is -0.950. The van der Waals surface area contributed by atoms with E-state index >= 15 is 0 Å². The summed E-state index contributed by atoms with van der Waals surface area (Å²) in [4.78, 5) is 36.6. The van der Waals surface area contributed by atoms with Crippen LogP contribution in [0.15, 0.2) is 11.6 Å². The van der Waals surface area contributed by atoms with Crippen molar-refractivity contribution in [1.29, 1.82) is 0 Å². The molecule has 0 aromatic heterocycles. The van der Waals surface area contributed by atoms with E-state index < -0.39 is 0 Å². The molecule has 224 valence electrons. The Morgan fingerprint density at radius 2 is 1.75 bits per heavy atom. The van der Waals surface area contributed by atoms with Gasteiger partial charge in [0, 0.05) is 44.1 Å². The molecule has 0 aromatic carbocycles. The van der Waals surface area contributed by atoms with Crippen molar-refractivity contribution in [2.45, 2.75) is 110 Å². The van der Waals surface area contributed by atoms with Crippen LogP contribution in [0.5, 0.6) is 0 Å². The summed E-state index contributed by atoms with van der Waals surface area (Å²) < 4.78 is 11.0. The van der Waals surface area contributed by atoms with Crippen LogP contribution in [0.3, 0.4) is 0 Å². The molecule has 0 aromatic rings. The standard InChI is InChI=1S/C33H50O5S2/c1-20(19-37-22(3)34)7-10-29(36)21(2)30-32(6)14-12-27-26(28(32)18-33(30)39-15-16-40-33)9-8-24-17-25(38-23(4)35)11-13-31(24,27)5/h8,20-21,25-28,30H,7,9-19H2,1-6H3/t20-,21-,25+,26-,27+,28+,30-,31+,32+/m1/s1. The first-order valence-corrected chi connectivity index (χ1v) is 17.7. The minimum Gasteiger partial charge on any atom is -0.466 e. The number of rotatable bonds is 8. The van der Waals surface area contributed by atoms with Crippen molar-refractivity contribution in [3.8, 4) is 0 Å². The van der Waals surface area contributed by atoms with Crippen molar-refractivity contribution in [1.82, 2.24) is 0 Å². The van der Waals surface area contributed by atoms with Gasteiger partial charge in [-0.25, -0.2) is 0 Å². The topological polar surface area (TPSA) is 69.7 Å². The van der Waals surface area contributed by atoms with E-state index in [-0.39, 0.29) is 44.8 Å². The summed E-state index contributed by atoms with van der Waals surface area (Å²) in [5.41, 5.74) is 1.93. The lowest BCUT2D eigenvalue weighted by Gasteiger charge is -2.58. The molecule has 4 aliphatic carbocycles. The molecule has 1 heterocycles. The molecule has 0 bridgehead atoms. The number of Topliss-reactive ketones (excluding diaryl/α,β-unsaturated/α-hetero) is 1. The van der Waals surface area contributed by atoms with E-state index in [1.165, 1.54) is 50.2 Å². The van der Waals surface area contributed by atoms with E-state index in [4.69, 9.17) is 9.47 Å². The van der Waals surface area contributed by atoms with Crippen LogP contribution in [0.1, 0.15) is 99.3 Å². The van der Waals surface area contributed by atoms with Crippen LogP contribution < -0.4 is 0 Å². The maximum absolute atomic E-state index is 13.8. The largest absolute Gasteiger partial charge is 0.466 e. The summed E-state index contributed by atoms with van der Waals surface area (Å²) in [6, 6.07) is 0. The second-order valence-electron chi connectivity index (χ2n) is 14.2. The summed E-state index contributed by atoms with van der Waals surface area (Å²) in [5.74, 6) is 5.03. The Balaban J connectivity index is 1.35. The average molecular weight is 591 g/mol. The van der Waals surface area contributed by atoms with Gasteiger partial charge in [-0.1, -0.05) is 39.3 Å². The van der Waals surface area contributed by atoms with Crippen LogP contribution in [0.25, 0.3) is 0 Å². The summed E-state index contributed by atoms with van der Waals surface area (Å²) in [5, 5.41) is 0. The number of fused-ring (bicyclic) bond motifs is 5. The minimum absolute atomic E-state index is 0.0382. The molecule has 40 heavy (non-hydrogen) atoms. The summed E-state index contributed by atoms with van der Waals surface area (Å²) in [6.07, 6.45) is 11.7. The van der Waals surface area contributed by atoms with Gasteiger partial charge in [0.1, 0.15) is 11.9 Å². The molecule has 3 saturated carbocycles. The molecular weight excluding hydrogens is 540 g/mol. The molecule has 5 aliphatic rings. The molecule has 0 unspecified atom stereocenters. The van der Waals surface area contributed by atoms with Gasteiger partial charge < -0.3 is 9.47 Å². The number of esters is 2. The van der Waals surface area contributed by atoms with Gasteiger partial charge in [-0.05, 0) is 85.4 Å². The maximum atomic E-state index is 13.8. The van der Waals surface area contributed by atoms with Gasteiger partial charge in [0.25, 0.3) is 0 Å². The first-order valence-electron chi connectivity index (χ1n) is 15.7. The minimum atomic E-state index is -0.250. The highest BCUT2D eigenvalue weighted by molar-refractivity contribution is 8.21. The molecule has 7 heteroatoms. The van der Waals surface area contributed by atoms with E-state index in [9.17, 15) is 14.4 Å². The number of hydrogen-bond donors (Lipinski definition) is 0. The van der Waals surface area contributed by atoms with Crippen molar-refractivity contribution >= 4 is 41.2 Å². The maximum Gasteiger partial charge on any atom is 0.302 e. The molecule has 4 fully saturated rings. The summed E-state index contributed by atoms with van der Waals surface area (Å²) in [6.45, 7) is 12.7. The summed E-state index contributed by atoms with van der Waals surface area (Å²) >= 11 is 4.33. The average Bonchev–Trinajstić information content (AvgIpc) is 3.46. The third kappa shape index (κ3) is 5.44. The van der Waals surface area contributed by atoms with E-state index in [1.807, 2.05) is 0 Å². The van der Waals surface area contributed by atoms with Gasteiger partial charge in [0.15, 0.2) is 0 Å². The molecule has 0 N–H and O–H groups in total. The van der Waals surface area contributed by atoms with E-state index in [1.54, 1.807) is 0 Å². The second kappa shape index (κ2) is 11.6. The molecule has 1 aliphatic heterocycles. The van der Waals surface area contributed by atoms with E-state index in [2.05, 4.69) is 57.3 Å². The second-order valence-corrected chi connectivity index (χ2v) is 17.3. The van der Waals surface area contributed by atoms with Gasteiger partial charge in [0.2, 0.25) is 0 Å². The lowest BCUT2D eigenvalue weighted by molar-refractivity contribution is -0.148. The Labute approximate surface area is 250 Å². The molecular formula is C33H50O5S2. The van der Waals surface area contributed by atoms with Crippen LogP contribution in [0.2, 0.25) is 0 Å². The lowest BCUT2D eigenvalue weighted by atomic mass is 9.47. The molecule has 5 nitrogen and oxygen atoms in total. The lowest BCUT2D eigenvalue weighted by Crippen LogP contribution is -2.51. The fraction of sp³-hybridized carbons (Fsp3) is 0.848. The third-order valence-electron chi connectivity index (χ3n) is 11.8. The van der Waals surface area contributed by atoms with Crippen LogP contribution in [-0.2, 0) is 23.9 Å². The number of allylic oxidation sites excluding steroid dienone is 1. The van der Waals surface area contributed by atoms with Crippen molar-refractivity contribution in [3.63, 3.8) is 0 Å². The number of carbonyl (C=O) groups excluding carboxylic acids is 3. The highest BCUT2D eigenvalue weighted by Gasteiger charge is 2.68. The highest BCUT2D eigenvalue weighted by atomic mass is 32.2. The van der Waals surface area contributed by atoms with Gasteiger partial charge in [-0.2, -0.15) is 0 Å². The number of hydrogen-bond acceptors (Lipinski definition) is 7. The Morgan fingerprint density at radius 3 is 2.42 bits per heavy atom. The van der Waals surface area contributed by atoms with Crippen molar-refractivity contribution < 1.29 is 23.9 Å². The zero-order chi connectivity index (χ0) is 28.9. The van der Waals surface area contributed by atoms with Gasteiger partial charge in [-0.3, -0.25) is 14.4 Å². The number of carbonyl (C=O) groups is 3. The van der Waals surface area contributed by atoms with Gasteiger partial charge >= 0.3 is 11.9 Å². The number of thioether (sulfide) groups is 2. The van der Waals surface area contributed by atoms with Crippen LogP contribution in [-0.4, -0.2) is 46.0 Å². The fourth-order valence-corrected chi connectivity index (χ4v) is 14.0. The zero-order valence-electron chi connectivity index (χ0n) is 25.5. The third-order valence-corrected chi connectivity index (χ3v) is 15.4. The number of ether oxygens (including phenoxy) is 2. The van der Waals surface area contributed by atoms with E-state index in [0.29, 0.717) is 42.5 Å². The van der Waals surface area contributed by atoms with E-state index in [0.717, 1.165) is 32.1 Å². The van der Waals surface area contributed by atoms with Crippen LogP contribution in [0.4, 0.5) is 0 Å². The normalized spacial score (nSPS) is 39.4. The van der Waals surface area contributed by atoms with Gasteiger partial charge in [0.05, 0.1) is 10.7 Å². The SMILES string of the molecule is CC(=O)OC[C@H](C)CCC(=O)[C@@H](C)[C@H]1C2(C[C@H]3[C@@H]4CC=C5C[C@@H](OC(C)=O)CC[C@]5(C)[C@H]4CC[C@@]31C)SCCS2. The van der Waals surface area contributed by atoms with Crippen LogP contribution in [0, 0.1) is 46.3 Å². The predicted octanol–water partition coefficient (Wildman–Crippen LogP) is 7.47. The Kier molecular flexibility index (Phi) is 8.86. The Bertz CT molecular complexity index is 1030. The summed E-state index contributed by atoms with van der Waals surface area (Å²) in [7, 11) is 0. The Morgan fingerprint density at radius 1 is 1.02 bits per heavy atom.